The molecule has 3 N–H and O–H groups in total. The largest absolute Gasteiger partial charge is 0.384 e. The van der Waals surface area contributed by atoms with Crippen LogP contribution in [0, 0.1) is 5.92 Å². The third kappa shape index (κ3) is 3.30. The molecular weight excluding hydrogens is 328 g/mol. The van der Waals surface area contributed by atoms with Crippen molar-refractivity contribution in [2.75, 3.05) is 6.54 Å². The first kappa shape index (κ1) is 16.1. The van der Waals surface area contributed by atoms with Gasteiger partial charge in [0.15, 0.2) is 0 Å². The number of halogens is 3. The number of hydrogen-bond donors (Lipinski definition) is 3. The summed E-state index contributed by atoms with van der Waals surface area (Å²) in [7, 11) is 0. The van der Waals surface area contributed by atoms with Crippen molar-refractivity contribution in [1.82, 2.24) is 15.3 Å². The molecule has 23 heavy (non-hydrogen) atoms. The van der Waals surface area contributed by atoms with E-state index in [0.717, 1.165) is 16.5 Å². The van der Waals surface area contributed by atoms with E-state index in [0.29, 0.717) is 11.7 Å². The van der Waals surface area contributed by atoms with E-state index < -0.39 is 12.0 Å². The van der Waals surface area contributed by atoms with Crippen molar-refractivity contribution in [1.29, 1.82) is 0 Å². The van der Waals surface area contributed by atoms with Crippen molar-refractivity contribution >= 4 is 28.4 Å². The molecule has 0 radical (unpaired) electrons. The molecule has 2 aromatic rings. The minimum absolute atomic E-state index is 0.0132. The number of aromatic nitrogens is 2. The number of aliphatic hydroxyl groups is 1. The number of carbonyl (C=O) groups excluding carboxylic acids is 1. The van der Waals surface area contributed by atoms with Gasteiger partial charge in [0.05, 0.1) is 18.1 Å². The molecule has 124 valence electrons. The normalized spacial score (nSPS) is 24.0. The van der Waals surface area contributed by atoms with E-state index in [1.807, 2.05) is 0 Å². The van der Waals surface area contributed by atoms with Crippen LogP contribution >= 0.6 is 11.6 Å². The zero-order valence-electron chi connectivity index (χ0n) is 12.2. The number of nitrogens with one attached hydrogen (secondary N) is 2. The maximum atomic E-state index is 12.5. The third-order valence-electron chi connectivity index (χ3n) is 4.25. The Morgan fingerprint density at radius 3 is 3.00 bits per heavy atom. The second kappa shape index (κ2) is 6.05. The number of carbonyl (C=O) groups is 1. The summed E-state index contributed by atoms with van der Waals surface area (Å²) in [5.74, 6) is -0.314. The maximum Gasteiger partial charge on any atom is 0.266 e. The monoisotopic (exact) mass is 343 g/mol. The van der Waals surface area contributed by atoms with Crippen molar-refractivity contribution in [3.05, 3.63) is 29.2 Å². The lowest BCUT2D eigenvalue weighted by Gasteiger charge is -2.42. The zero-order chi connectivity index (χ0) is 16.6. The summed E-state index contributed by atoms with van der Waals surface area (Å²) in [4.78, 5) is 19.0. The summed E-state index contributed by atoms with van der Waals surface area (Å²) in [5.41, 5.74) is -0.298. The SMILES string of the molecule is O=C(Cc1c[nH]c2cnc(Cl)cc12)NCC1CC(O)(C(F)F)C1. The van der Waals surface area contributed by atoms with Crippen LogP contribution in [0.3, 0.4) is 0 Å². The van der Waals surface area contributed by atoms with Gasteiger partial charge in [-0.15, -0.1) is 0 Å². The molecule has 1 aliphatic carbocycles. The van der Waals surface area contributed by atoms with E-state index in [4.69, 9.17) is 11.6 Å². The first-order valence-electron chi connectivity index (χ1n) is 7.26. The van der Waals surface area contributed by atoms with Gasteiger partial charge in [0.2, 0.25) is 5.91 Å². The number of H-pyrrole nitrogens is 1. The topological polar surface area (TPSA) is 78.0 Å². The lowest BCUT2D eigenvalue weighted by atomic mass is 9.71. The summed E-state index contributed by atoms with van der Waals surface area (Å²) in [6.07, 6.45) is 0.768. The Labute approximate surface area is 136 Å². The molecule has 1 amide bonds. The van der Waals surface area contributed by atoms with E-state index in [-0.39, 0.29) is 31.1 Å². The summed E-state index contributed by atoms with van der Waals surface area (Å²) < 4.78 is 25.0. The highest BCUT2D eigenvalue weighted by Crippen LogP contribution is 2.41. The lowest BCUT2D eigenvalue weighted by Crippen LogP contribution is -2.52. The number of rotatable bonds is 5. The number of hydrogen-bond acceptors (Lipinski definition) is 3. The van der Waals surface area contributed by atoms with E-state index in [1.165, 1.54) is 0 Å². The van der Waals surface area contributed by atoms with Crippen LogP contribution in [-0.4, -0.2) is 39.6 Å². The van der Waals surface area contributed by atoms with Crippen LogP contribution in [0.25, 0.3) is 10.9 Å². The Balaban J connectivity index is 1.53. The van der Waals surface area contributed by atoms with Gasteiger partial charge in [-0.3, -0.25) is 4.79 Å². The fraction of sp³-hybridized carbons (Fsp3) is 0.467. The van der Waals surface area contributed by atoms with Crippen LogP contribution in [0.5, 0.6) is 0 Å². The van der Waals surface area contributed by atoms with E-state index in [9.17, 15) is 18.7 Å². The van der Waals surface area contributed by atoms with Crippen LogP contribution in [0.2, 0.25) is 5.15 Å². The predicted octanol–water partition coefficient (Wildman–Crippen LogP) is 2.28. The molecule has 1 saturated carbocycles. The molecule has 3 rings (SSSR count). The molecule has 0 aromatic carbocycles. The Bertz CT molecular complexity index is 729. The molecule has 8 heteroatoms. The van der Waals surface area contributed by atoms with Crippen molar-refractivity contribution in [3.8, 4) is 0 Å². The molecule has 1 fully saturated rings. The van der Waals surface area contributed by atoms with Crippen LogP contribution in [0.1, 0.15) is 18.4 Å². The van der Waals surface area contributed by atoms with Gasteiger partial charge in [-0.05, 0) is 30.4 Å². The van der Waals surface area contributed by atoms with Crippen LogP contribution in [0.4, 0.5) is 8.78 Å². The van der Waals surface area contributed by atoms with E-state index >= 15 is 0 Å². The smallest absolute Gasteiger partial charge is 0.266 e. The van der Waals surface area contributed by atoms with Crippen molar-refractivity contribution in [3.63, 3.8) is 0 Å². The number of nitrogens with zero attached hydrogens (tertiary/aromatic N) is 1. The first-order valence-corrected chi connectivity index (χ1v) is 7.64. The number of alkyl halides is 2. The van der Waals surface area contributed by atoms with Gasteiger partial charge in [-0.1, -0.05) is 11.6 Å². The lowest BCUT2D eigenvalue weighted by molar-refractivity contribution is -0.167. The molecule has 0 spiro atoms. The minimum Gasteiger partial charge on any atom is -0.384 e. The second-order valence-electron chi connectivity index (χ2n) is 6.03. The Kier molecular flexibility index (Phi) is 4.25. The number of fused-ring (bicyclic) bond motifs is 1. The van der Waals surface area contributed by atoms with Gasteiger partial charge in [-0.2, -0.15) is 0 Å². The van der Waals surface area contributed by atoms with Crippen LogP contribution < -0.4 is 5.32 Å². The average Bonchev–Trinajstić information content (AvgIpc) is 2.84. The van der Waals surface area contributed by atoms with Crippen LogP contribution in [-0.2, 0) is 11.2 Å². The first-order chi connectivity index (χ1) is 10.9. The highest BCUT2D eigenvalue weighted by atomic mass is 35.5. The maximum absolute atomic E-state index is 12.5. The fourth-order valence-electron chi connectivity index (χ4n) is 2.96. The molecule has 0 unspecified atom stereocenters. The van der Waals surface area contributed by atoms with Crippen molar-refractivity contribution < 1.29 is 18.7 Å². The zero-order valence-corrected chi connectivity index (χ0v) is 12.9. The Morgan fingerprint density at radius 1 is 1.57 bits per heavy atom. The molecular formula is C15H16ClF2N3O2. The number of amides is 1. The third-order valence-corrected chi connectivity index (χ3v) is 4.45. The standard InChI is InChI=1S/C15H16ClF2N3O2/c16-12-2-10-9(6-19-11(10)7-20-12)1-13(22)21-5-8-3-15(23,4-8)14(17)18/h2,6-8,14,19,23H,1,3-5H2,(H,21,22). The summed E-state index contributed by atoms with van der Waals surface area (Å²) in [6.45, 7) is 0.290. The predicted molar refractivity (Wildman–Crippen MR) is 81.5 cm³/mol. The van der Waals surface area contributed by atoms with Crippen LogP contribution in [0.15, 0.2) is 18.5 Å². The van der Waals surface area contributed by atoms with E-state index in [2.05, 4.69) is 15.3 Å². The number of aromatic amines is 1. The van der Waals surface area contributed by atoms with Crippen molar-refractivity contribution in [2.45, 2.75) is 31.3 Å². The second-order valence-corrected chi connectivity index (χ2v) is 6.41. The highest BCUT2D eigenvalue weighted by molar-refractivity contribution is 6.30. The summed E-state index contributed by atoms with van der Waals surface area (Å²) in [6, 6.07) is 1.69. The molecule has 0 bridgehead atoms. The molecule has 0 aliphatic heterocycles. The molecule has 5 nitrogen and oxygen atoms in total. The molecule has 2 heterocycles. The van der Waals surface area contributed by atoms with Gasteiger partial charge in [0.1, 0.15) is 10.8 Å². The van der Waals surface area contributed by atoms with Gasteiger partial charge in [0.25, 0.3) is 6.43 Å². The molecule has 2 aromatic heterocycles. The highest BCUT2D eigenvalue weighted by Gasteiger charge is 2.49. The van der Waals surface area contributed by atoms with Gasteiger partial charge in [0, 0.05) is 18.1 Å². The average molecular weight is 344 g/mol. The minimum atomic E-state index is -2.74. The summed E-state index contributed by atoms with van der Waals surface area (Å²) in [5, 5.41) is 13.4. The quantitative estimate of drug-likeness (QED) is 0.729. The van der Waals surface area contributed by atoms with Gasteiger partial charge in [-0.25, -0.2) is 13.8 Å². The molecule has 0 atom stereocenters. The molecule has 0 saturated heterocycles. The summed E-state index contributed by atoms with van der Waals surface area (Å²) >= 11 is 5.85. The van der Waals surface area contributed by atoms with Gasteiger partial charge >= 0.3 is 0 Å². The fourth-order valence-corrected chi connectivity index (χ4v) is 3.11. The Morgan fingerprint density at radius 2 is 2.30 bits per heavy atom. The van der Waals surface area contributed by atoms with Crippen molar-refractivity contribution in [2.24, 2.45) is 5.92 Å². The number of pyridine rings is 1. The Hall–Kier alpha value is -1.73. The molecule has 1 aliphatic rings. The van der Waals surface area contributed by atoms with E-state index in [1.54, 1.807) is 18.5 Å². The van der Waals surface area contributed by atoms with Gasteiger partial charge < -0.3 is 15.4 Å².